The molecule has 0 spiro atoms. The molecule has 0 aliphatic carbocycles. The summed E-state index contributed by atoms with van der Waals surface area (Å²) in [6, 6.07) is 13.0. The van der Waals surface area contributed by atoms with Crippen LogP contribution < -0.4 is 5.32 Å². The standard InChI is InChI=1S/C19H20N4O/c1-13(2)12-23-17-10-5-4-8-15(17)22-18(23)14(3)21-19(24)16-9-6-7-11-20-16/h4-11,14H,1,12H2,2-3H3,(H,21,24). The zero-order valence-corrected chi connectivity index (χ0v) is 13.9. The molecule has 24 heavy (non-hydrogen) atoms. The van der Waals surface area contributed by atoms with Gasteiger partial charge in [0, 0.05) is 12.7 Å². The molecule has 3 aromatic rings. The number of benzene rings is 1. The number of allylic oxidation sites excluding steroid dienone is 1. The second kappa shape index (κ2) is 6.66. The quantitative estimate of drug-likeness (QED) is 0.732. The molecule has 0 aliphatic heterocycles. The third-order valence-electron chi connectivity index (χ3n) is 3.74. The first kappa shape index (κ1) is 15.9. The molecule has 2 heterocycles. The average molecular weight is 320 g/mol. The van der Waals surface area contributed by atoms with Gasteiger partial charge in [0.1, 0.15) is 11.5 Å². The highest BCUT2D eigenvalue weighted by molar-refractivity contribution is 5.92. The molecule has 0 fully saturated rings. The minimum absolute atomic E-state index is 0.211. The predicted molar refractivity (Wildman–Crippen MR) is 94.7 cm³/mol. The Morgan fingerprint density at radius 3 is 2.71 bits per heavy atom. The molecule has 122 valence electrons. The van der Waals surface area contributed by atoms with Crippen LogP contribution in [0.2, 0.25) is 0 Å². The van der Waals surface area contributed by atoms with Gasteiger partial charge in [-0.3, -0.25) is 9.78 Å². The molecule has 0 aliphatic rings. The molecule has 0 saturated heterocycles. The van der Waals surface area contributed by atoms with Gasteiger partial charge in [-0.15, -0.1) is 0 Å². The summed E-state index contributed by atoms with van der Waals surface area (Å²) in [5.41, 5.74) is 3.37. The number of nitrogens with zero attached hydrogens (tertiary/aromatic N) is 3. The van der Waals surface area contributed by atoms with Crippen molar-refractivity contribution in [1.82, 2.24) is 19.9 Å². The summed E-state index contributed by atoms with van der Waals surface area (Å²) in [5.74, 6) is 0.598. The molecule has 3 rings (SSSR count). The number of hydrogen-bond acceptors (Lipinski definition) is 3. The van der Waals surface area contributed by atoms with Crippen molar-refractivity contribution in [3.63, 3.8) is 0 Å². The number of carbonyl (C=O) groups is 1. The second-order valence-corrected chi connectivity index (χ2v) is 5.91. The van der Waals surface area contributed by atoms with E-state index in [1.807, 2.05) is 38.1 Å². The van der Waals surface area contributed by atoms with Crippen molar-refractivity contribution in [2.75, 3.05) is 0 Å². The van der Waals surface area contributed by atoms with Gasteiger partial charge in [0.2, 0.25) is 0 Å². The van der Waals surface area contributed by atoms with E-state index < -0.39 is 0 Å². The molecule has 5 heteroatoms. The van der Waals surface area contributed by atoms with Gasteiger partial charge < -0.3 is 9.88 Å². The maximum Gasteiger partial charge on any atom is 0.270 e. The van der Waals surface area contributed by atoms with E-state index in [1.165, 1.54) is 0 Å². The zero-order valence-electron chi connectivity index (χ0n) is 13.9. The predicted octanol–water partition coefficient (Wildman–Crippen LogP) is 3.50. The lowest BCUT2D eigenvalue weighted by atomic mass is 10.2. The van der Waals surface area contributed by atoms with E-state index in [0.29, 0.717) is 12.2 Å². The third-order valence-corrected chi connectivity index (χ3v) is 3.74. The minimum Gasteiger partial charge on any atom is -0.341 e. The molecular weight excluding hydrogens is 300 g/mol. The summed E-state index contributed by atoms with van der Waals surface area (Å²) in [6.45, 7) is 8.58. The summed E-state index contributed by atoms with van der Waals surface area (Å²) >= 11 is 0. The molecular formula is C19H20N4O. The Balaban J connectivity index is 1.93. The third kappa shape index (κ3) is 3.20. The van der Waals surface area contributed by atoms with Gasteiger partial charge in [0.05, 0.1) is 17.1 Å². The van der Waals surface area contributed by atoms with Crippen molar-refractivity contribution in [3.05, 3.63) is 72.3 Å². The molecule has 1 amide bonds. The van der Waals surface area contributed by atoms with Gasteiger partial charge in [0.15, 0.2) is 0 Å². The lowest BCUT2D eigenvalue weighted by molar-refractivity contribution is 0.0932. The van der Waals surface area contributed by atoms with Crippen LogP contribution in [0.25, 0.3) is 11.0 Å². The molecule has 1 N–H and O–H groups in total. The van der Waals surface area contributed by atoms with Crippen LogP contribution >= 0.6 is 0 Å². The Bertz CT molecular complexity index is 883. The minimum atomic E-state index is -0.244. The fourth-order valence-electron chi connectivity index (χ4n) is 2.69. The first-order valence-corrected chi connectivity index (χ1v) is 7.87. The largest absolute Gasteiger partial charge is 0.341 e. The number of pyridine rings is 1. The van der Waals surface area contributed by atoms with Crippen LogP contribution in [0.5, 0.6) is 0 Å². The molecule has 5 nitrogen and oxygen atoms in total. The monoisotopic (exact) mass is 320 g/mol. The highest BCUT2D eigenvalue weighted by Crippen LogP contribution is 2.22. The number of fused-ring (bicyclic) bond motifs is 1. The van der Waals surface area contributed by atoms with Crippen molar-refractivity contribution in [3.8, 4) is 0 Å². The fraction of sp³-hybridized carbons (Fsp3) is 0.211. The number of carbonyl (C=O) groups excluding carboxylic acids is 1. The Labute approximate surface area is 141 Å². The lowest BCUT2D eigenvalue weighted by Crippen LogP contribution is -2.29. The molecule has 1 unspecified atom stereocenters. The Morgan fingerprint density at radius 2 is 2.00 bits per heavy atom. The van der Waals surface area contributed by atoms with E-state index in [0.717, 1.165) is 22.4 Å². The van der Waals surface area contributed by atoms with Crippen LogP contribution in [0.3, 0.4) is 0 Å². The van der Waals surface area contributed by atoms with E-state index >= 15 is 0 Å². The van der Waals surface area contributed by atoms with Crippen LogP contribution in [0, 0.1) is 0 Å². The molecule has 0 saturated carbocycles. The maximum atomic E-state index is 12.3. The van der Waals surface area contributed by atoms with Crippen molar-refractivity contribution in [1.29, 1.82) is 0 Å². The van der Waals surface area contributed by atoms with Gasteiger partial charge in [-0.05, 0) is 38.1 Å². The van der Waals surface area contributed by atoms with Gasteiger partial charge in [-0.2, -0.15) is 0 Å². The fourth-order valence-corrected chi connectivity index (χ4v) is 2.69. The Hall–Kier alpha value is -2.95. The van der Waals surface area contributed by atoms with E-state index in [2.05, 4.69) is 21.4 Å². The van der Waals surface area contributed by atoms with E-state index in [9.17, 15) is 4.79 Å². The van der Waals surface area contributed by atoms with Crippen molar-refractivity contribution >= 4 is 16.9 Å². The number of rotatable bonds is 5. The highest BCUT2D eigenvalue weighted by Gasteiger charge is 2.19. The summed E-state index contributed by atoms with van der Waals surface area (Å²) in [5, 5.41) is 2.97. The smallest absolute Gasteiger partial charge is 0.270 e. The van der Waals surface area contributed by atoms with Crippen LogP contribution in [-0.4, -0.2) is 20.4 Å². The summed E-state index contributed by atoms with van der Waals surface area (Å²) in [4.78, 5) is 21.1. The van der Waals surface area contributed by atoms with Crippen LogP contribution in [0.15, 0.2) is 60.8 Å². The van der Waals surface area contributed by atoms with Gasteiger partial charge in [-0.1, -0.05) is 30.4 Å². The van der Waals surface area contributed by atoms with Crippen LogP contribution in [0.4, 0.5) is 0 Å². The number of nitrogens with one attached hydrogen (secondary N) is 1. The van der Waals surface area contributed by atoms with Crippen molar-refractivity contribution in [2.24, 2.45) is 0 Å². The highest BCUT2D eigenvalue weighted by atomic mass is 16.1. The molecule has 1 atom stereocenters. The van der Waals surface area contributed by atoms with Gasteiger partial charge in [0.25, 0.3) is 5.91 Å². The number of amides is 1. The van der Waals surface area contributed by atoms with Crippen LogP contribution in [-0.2, 0) is 6.54 Å². The van der Waals surface area contributed by atoms with Crippen LogP contribution in [0.1, 0.15) is 36.2 Å². The number of para-hydroxylation sites is 2. The maximum absolute atomic E-state index is 12.3. The number of hydrogen-bond donors (Lipinski definition) is 1. The Morgan fingerprint density at radius 1 is 1.25 bits per heavy atom. The van der Waals surface area contributed by atoms with Gasteiger partial charge >= 0.3 is 0 Å². The Kier molecular flexibility index (Phi) is 4.42. The van der Waals surface area contributed by atoms with Crippen molar-refractivity contribution < 1.29 is 4.79 Å². The summed E-state index contributed by atoms with van der Waals surface area (Å²) < 4.78 is 2.10. The normalized spacial score (nSPS) is 12.1. The van der Waals surface area contributed by atoms with E-state index in [-0.39, 0.29) is 11.9 Å². The molecule has 2 aromatic heterocycles. The van der Waals surface area contributed by atoms with Crippen molar-refractivity contribution in [2.45, 2.75) is 26.4 Å². The summed E-state index contributed by atoms with van der Waals surface area (Å²) in [6.07, 6.45) is 1.61. The lowest BCUT2D eigenvalue weighted by Gasteiger charge is -2.16. The zero-order chi connectivity index (χ0) is 17.1. The first-order chi connectivity index (χ1) is 11.6. The average Bonchev–Trinajstić information content (AvgIpc) is 2.94. The number of imidazole rings is 1. The molecule has 1 aromatic carbocycles. The number of aromatic nitrogens is 3. The van der Waals surface area contributed by atoms with Gasteiger partial charge in [-0.25, -0.2) is 4.98 Å². The summed E-state index contributed by atoms with van der Waals surface area (Å²) in [7, 11) is 0. The first-order valence-electron chi connectivity index (χ1n) is 7.87. The SMILES string of the molecule is C=C(C)Cn1c(C(C)NC(=O)c2ccccn2)nc2ccccc21. The molecule has 0 bridgehead atoms. The topological polar surface area (TPSA) is 59.8 Å². The second-order valence-electron chi connectivity index (χ2n) is 5.91. The van der Waals surface area contributed by atoms with E-state index in [1.54, 1.807) is 24.4 Å². The van der Waals surface area contributed by atoms with E-state index in [4.69, 9.17) is 4.98 Å². The molecule has 0 radical (unpaired) electrons.